The molecule has 0 saturated heterocycles. The van der Waals surface area contributed by atoms with Gasteiger partial charge in [0.25, 0.3) is 10.0 Å². The molecule has 0 aliphatic carbocycles. The fraction of sp³-hybridized carbons (Fsp3) is 0.750. The Morgan fingerprint density at radius 3 is 2.21 bits per heavy atom. The van der Waals surface area contributed by atoms with Gasteiger partial charge in [-0.1, -0.05) is 27.7 Å². The van der Waals surface area contributed by atoms with Crippen LogP contribution in [0.4, 0.5) is 0 Å². The van der Waals surface area contributed by atoms with Crippen molar-refractivity contribution in [3.8, 4) is 0 Å². The van der Waals surface area contributed by atoms with E-state index in [1.807, 2.05) is 27.7 Å². The Labute approximate surface area is 115 Å². The van der Waals surface area contributed by atoms with E-state index >= 15 is 0 Å². The summed E-state index contributed by atoms with van der Waals surface area (Å²) in [6.07, 6.45) is 1.47. The van der Waals surface area contributed by atoms with Crippen LogP contribution in [-0.2, 0) is 16.6 Å². The maximum atomic E-state index is 12.6. The van der Waals surface area contributed by atoms with Crippen molar-refractivity contribution in [2.24, 2.45) is 17.6 Å². The van der Waals surface area contributed by atoms with Gasteiger partial charge in [0.1, 0.15) is 0 Å². The largest absolute Gasteiger partial charge is 0.326 e. The zero-order valence-corrected chi connectivity index (χ0v) is 12.9. The lowest BCUT2D eigenvalue weighted by molar-refractivity contribution is 0.332. The Morgan fingerprint density at radius 2 is 1.79 bits per heavy atom. The summed E-state index contributed by atoms with van der Waals surface area (Å²) in [5.41, 5.74) is 6.08. The number of nitrogens with one attached hydrogen (secondary N) is 1. The van der Waals surface area contributed by atoms with Gasteiger partial charge in [0, 0.05) is 25.2 Å². The number of aromatic nitrogens is 2. The highest BCUT2D eigenvalue weighted by Crippen LogP contribution is 2.19. The van der Waals surface area contributed by atoms with Crippen molar-refractivity contribution in [3.05, 3.63) is 11.8 Å². The molecule has 0 aromatic carbocycles. The second-order valence-electron chi connectivity index (χ2n) is 5.54. The van der Waals surface area contributed by atoms with Gasteiger partial charge in [0.15, 0.2) is 5.03 Å². The molecule has 0 aliphatic rings. The summed E-state index contributed by atoms with van der Waals surface area (Å²) in [5.74, 6) is 0.524. The minimum absolute atomic E-state index is 0.122. The average Bonchev–Trinajstić information content (AvgIpc) is 2.75. The molecule has 0 atom stereocenters. The Bertz CT molecular complexity index is 484. The summed E-state index contributed by atoms with van der Waals surface area (Å²) in [7, 11) is -3.56. The number of aromatic amines is 1. The molecule has 0 bridgehead atoms. The van der Waals surface area contributed by atoms with Crippen molar-refractivity contribution in [1.82, 2.24) is 14.5 Å². The first kappa shape index (κ1) is 16.1. The van der Waals surface area contributed by atoms with E-state index in [1.165, 1.54) is 10.5 Å². The molecule has 0 unspecified atom stereocenters. The van der Waals surface area contributed by atoms with Crippen molar-refractivity contribution in [3.63, 3.8) is 0 Å². The van der Waals surface area contributed by atoms with E-state index in [0.29, 0.717) is 18.7 Å². The molecule has 1 rings (SSSR count). The van der Waals surface area contributed by atoms with Gasteiger partial charge < -0.3 is 5.73 Å². The maximum absolute atomic E-state index is 12.6. The fourth-order valence-corrected chi connectivity index (χ4v) is 3.76. The molecule has 6 nitrogen and oxygen atoms in total. The lowest BCUT2D eigenvalue weighted by Gasteiger charge is -2.25. The van der Waals surface area contributed by atoms with Crippen LogP contribution in [0.2, 0.25) is 0 Å². The number of rotatable bonds is 7. The highest BCUT2D eigenvalue weighted by molar-refractivity contribution is 7.89. The maximum Gasteiger partial charge on any atom is 0.260 e. The van der Waals surface area contributed by atoms with Gasteiger partial charge in [-0.15, -0.1) is 0 Å². The smallest absolute Gasteiger partial charge is 0.260 e. The van der Waals surface area contributed by atoms with Crippen LogP contribution >= 0.6 is 0 Å². The minimum Gasteiger partial charge on any atom is -0.326 e. The van der Waals surface area contributed by atoms with Crippen molar-refractivity contribution in [2.45, 2.75) is 39.3 Å². The molecular weight excluding hydrogens is 264 g/mol. The Hall–Kier alpha value is -0.920. The molecule has 0 radical (unpaired) electrons. The van der Waals surface area contributed by atoms with Gasteiger partial charge in [0.05, 0.1) is 6.20 Å². The molecule has 0 amide bonds. The second kappa shape index (κ2) is 6.49. The number of hydrogen-bond donors (Lipinski definition) is 2. The normalized spacial score (nSPS) is 12.8. The van der Waals surface area contributed by atoms with Gasteiger partial charge in [-0.05, 0) is 11.8 Å². The van der Waals surface area contributed by atoms with E-state index in [4.69, 9.17) is 5.73 Å². The summed E-state index contributed by atoms with van der Waals surface area (Å²) in [6.45, 7) is 9.13. The van der Waals surface area contributed by atoms with Gasteiger partial charge >= 0.3 is 0 Å². The number of nitrogens with zero attached hydrogens (tertiary/aromatic N) is 2. The molecule has 0 saturated carbocycles. The van der Waals surface area contributed by atoms with Gasteiger partial charge in [0.2, 0.25) is 0 Å². The third-order valence-electron chi connectivity index (χ3n) is 2.63. The van der Waals surface area contributed by atoms with Crippen molar-refractivity contribution in [1.29, 1.82) is 0 Å². The van der Waals surface area contributed by atoms with Crippen LogP contribution in [0.5, 0.6) is 0 Å². The topological polar surface area (TPSA) is 92.1 Å². The molecule has 1 aromatic rings. The number of sulfonamides is 1. The van der Waals surface area contributed by atoms with Crippen molar-refractivity contribution >= 4 is 10.0 Å². The van der Waals surface area contributed by atoms with Crippen molar-refractivity contribution < 1.29 is 8.42 Å². The number of nitrogens with two attached hydrogens (primary N) is 1. The Balaban J connectivity index is 3.11. The third kappa shape index (κ3) is 4.02. The molecule has 3 N–H and O–H groups in total. The summed E-state index contributed by atoms with van der Waals surface area (Å²) in [5, 5.41) is 6.47. The summed E-state index contributed by atoms with van der Waals surface area (Å²) in [4.78, 5) is 0. The molecule has 19 heavy (non-hydrogen) atoms. The summed E-state index contributed by atoms with van der Waals surface area (Å²) in [6, 6.07) is 0. The first-order valence-corrected chi connectivity index (χ1v) is 7.95. The summed E-state index contributed by atoms with van der Waals surface area (Å²) >= 11 is 0. The molecule has 0 aliphatic heterocycles. The first-order valence-electron chi connectivity index (χ1n) is 6.51. The minimum atomic E-state index is -3.56. The van der Waals surface area contributed by atoms with Crippen LogP contribution in [-0.4, -0.2) is 36.0 Å². The molecule has 1 aromatic heterocycles. The van der Waals surface area contributed by atoms with Gasteiger partial charge in [-0.25, -0.2) is 8.42 Å². The second-order valence-corrected chi connectivity index (χ2v) is 7.41. The van der Waals surface area contributed by atoms with E-state index in [0.717, 1.165) is 0 Å². The monoisotopic (exact) mass is 288 g/mol. The zero-order chi connectivity index (χ0) is 14.6. The lowest BCUT2D eigenvalue weighted by Crippen LogP contribution is -2.37. The third-order valence-corrected chi connectivity index (χ3v) is 4.48. The average molecular weight is 288 g/mol. The first-order chi connectivity index (χ1) is 8.78. The highest BCUT2D eigenvalue weighted by atomic mass is 32.2. The van der Waals surface area contributed by atoms with Crippen LogP contribution in [0.1, 0.15) is 33.3 Å². The predicted octanol–water partition coefficient (Wildman–Crippen LogP) is 1.17. The quantitative estimate of drug-likeness (QED) is 0.788. The highest BCUT2D eigenvalue weighted by Gasteiger charge is 2.29. The van der Waals surface area contributed by atoms with E-state index in [1.54, 1.807) is 0 Å². The number of H-pyrrole nitrogens is 1. The van der Waals surface area contributed by atoms with E-state index in [-0.39, 0.29) is 23.4 Å². The van der Waals surface area contributed by atoms with Gasteiger partial charge in [-0.2, -0.15) is 9.40 Å². The van der Waals surface area contributed by atoms with Crippen molar-refractivity contribution in [2.75, 3.05) is 13.1 Å². The molecule has 0 fully saturated rings. The van der Waals surface area contributed by atoms with E-state index in [9.17, 15) is 8.42 Å². The molecule has 0 spiro atoms. The molecule has 7 heteroatoms. The van der Waals surface area contributed by atoms with Gasteiger partial charge in [-0.3, -0.25) is 5.10 Å². The molecule has 1 heterocycles. The zero-order valence-electron chi connectivity index (χ0n) is 12.0. The summed E-state index contributed by atoms with van der Waals surface area (Å²) < 4.78 is 26.8. The van der Waals surface area contributed by atoms with Crippen LogP contribution in [0.3, 0.4) is 0 Å². The standard InChI is InChI=1S/C12H24N4O2S/c1-9(2)7-16(8-10(3)4)19(17,18)12-11(5-13)6-14-15-12/h6,9-10H,5,7-8,13H2,1-4H3,(H,14,15). The molecular formula is C12H24N4O2S. The Kier molecular flexibility index (Phi) is 5.51. The van der Waals surface area contributed by atoms with E-state index < -0.39 is 10.0 Å². The SMILES string of the molecule is CC(C)CN(CC(C)C)S(=O)(=O)c1[nH]ncc1CN. The van der Waals surface area contributed by atoms with Crippen LogP contribution in [0.25, 0.3) is 0 Å². The predicted molar refractivity (Wildman–Crippen MR) is 74.9 cm³/mol. The van der Waals surface area contributed by atoms with Crippen LogP contribution in [0.15, 0.2) is 11.2 Å². The number of hydrogen-bond acceptors (Lipinski definition) is 4. The fourth-order valence-electron chi connectivity index (χ4n) is 1.88. The van der Waals surface area contributed by atoms with Crippen LogP contribution in [0, 0.1) is 11.8 Å². The van der Waals surface area contributed by atoms with Crippen LogP contribution < -0.4 is 5.73 Å². The lowest BCUT2D eigenvalue weighted by atomic mass is 10.2. The molecule has 110 valence electrons. The van der Waals surface area contributed by atoms with E-state index in [2.05, 4.69) is 10.2 Å². The Morgan fingerprint density at radius 1 is 1.26 bits per heavy atom.